The van der Waals surface area contributed by atoms with Gasteiger partial charge in [0.25, 0.3) is 0 Å². The number of hydrogen-bond acceptors (Lipinski definition) is 5. The first kappa shape index (κ1) is 26.1. The highest BCUT2D eigenvalue weighted by atomic mass is 32.2. The topological polar surface area (TPSA) is 92.8 Å². The molecule has 9 heteroatoms. The number of benzene rings is 3. The van der Waals surface area contributed by atoms with Crippen LogP contribution in [0.15, 0.2) is 77.7 Å². The smallest absolute Gasteiger partial charge is 0.310 e. The SMILES string of the molecule is CCOC(=O)Cc1ccc(NC(=O)CN(Cc2ccc(F)cc2)S(=O)(=O)c2ccc(C)cc2)cc1. The van der Waals surface area contributed by atoms with Gasteiger partial charge < -0.3 is 10.1 Å². The van der Waals surface area contributed by atoms with Crippen molar-refractivity contribution in [2.45, 2.75) is 31.7 Å². The fourth-order valence-electron chi connectivity index (χ4n) is 3.32. The molecule has 0 spiro atoms. The Hall–Kier alpha value is -3.56. The van der Waals surface area contributed by atoms with Gasteiger partial charge in [-0.1, -0.05) is 42.0 Å². The molecule has 35 heavy (non-hydrogen) atoms. The van der Waals surface area contributed by atoms with Crippen LogP contribution in [0.3, 0.4) is 0 Å². The zero-order valence-corrected chi connectivity index (χ0v) is 20.3. The summed E-state index contributed by atoms with van der Waals surface area (Å²) in [6.07, 6.45) is 0.113. The van der Waals surface area contributed by atoms with Crippen molar-refractivity contribution in [3.63, 3.8) is 0 Å². The van der Waals surface area contributed by atoms with Gasteiger partial charge >= 0.3 is 5.97 Å². The Morgan fingerprint density at radius 2 is 1.51 bits per heavy atom. The van der Waals surface area contributed by atoms with Crippen molar-refractivity contribution in [1.29, 1.82) is 0 Å². The third-order valence-electron chi connectivity index (χ3n) is 5.14. The summed E-state index contributed by atoms with van der Waals surface area (Å²) in [5.41, 5.74) is 2.62. The average Bonchev–Trinajstić information content (AvgIpc) is 2.82. The lowest BCUT2D eigenvalue weighted by Gasteiger charge is -2.22. The molecule has 0 aliphatic rings. The molecule has 1 amide bonds. The van der Waals surface area contributed by atoms with E-state index >= 15 is 0 Å². The van der Waals surface area contributed by atoms with Crippen LogP contribution in [0.1, 0.15) is 23.6 Å². The predicted octanol–water partition coefficient (Wildman–Crippen LogP) is 4.07. The molecule has 184 valence electrons. The van der Waals surface area contributed by atoms with Crippen molar-refractivity contribution >= 4 is 27.6 Å². The minimum Gasteiger partial charge on any atom is -0.466 e. The highest BCUT2D eigenvalue weighted by Gasteiger charge is 2.27. The average molecular weight is 499 g/mol. The molecule has 0 fully saturated rings. The molecule has 1 N–H and O–H groups in total. The van der Waals surface area contributed by atoms with Gasteiger partial charge in [-0.3, -0.25) is 9.59 Å². The lowest BCUT2D eigenvalue weighted by atomic mass is 10.1. The monoisotopic (exact) mass is 498 g/mol. The van der Waals surface area contributed by atoms with Gasteiger partial charge in [-0.2, -0.15) is 4.31 Å². The van der Waals surface area contributed by atoms with Gasteiger partial charge in [-0.15, -0.1) is 0 Å². The van der Waals surface area contributed by atoms with E-state index in [9.17, 15) is 22.4 Å². The largest absolute Gasteiger partial charge is 0.466 e. The summed E-state index contributed by atoms with van der Waals surface area (Å²) >= 11 is 0. The van der Waals surface area contributed by atoms with Crippen LogP contribution in [0.5, 0.6) is 0 Å². The number of nitrogens with one attached hydrogen (secondary N) is 1. The second-order valence-electron chi connectivity index (χ2n) is 7.94. The molecule has 7 nitrogen and oxygen atoms in total. The number of esters is 1. The van der Waals surface area contributed by atoms with Crippen molar-refractivity contribution in [2.24, 2.45) is 0 Å². The maximum Gasteiger partial charge on any atom is 0.310 e. The molecule has 0 heterocycles. The number of amides is 1. The fourth-order valence-corrected chi connectivity index (χ4v) is 4.71. The van der Waals surface area contributed by atoms with E-state index in [1.807, 2.05) is 6.92 Å². The maximum atomic E-state index is 13.3. The van der Waals surface area contributed by atoms with Gasteiger partial charge in [-0.25, -0.2) is 12.8 Å². The molecule has 3 rings (SSSR count). The molecule has 0 radical (unpaired) electrons. The summed E-state index contributed by atoms with van der Waals surface area (Å²) in [6, 6.07) is 18.4. The Morgan fingerprint density at radius 1 is 0.914 bits per heavy atom. The standard InChI is InChI=1S/C26H27FN2O5S/c1-3-34-26(31)16-20-8-12-23(13-9-20)28-25(30)18-29(17-21-6-10-22(27)11-7-21)35(32,33)24-14-4-19(2)5-15-24/h4-15H,3,16-18H2,1-2H3,(H,28,30). The Kier molecular flexibility index (Phi) is 8.73. The van der Waals surface area contributed by atoms with Crippen LogP contribution >= 0.6 is 0 Å². The summed E-state index contributed by atoms with van der Waals surface area (Å²) in [5, 5.41) is 2.68. The first-order chi connectivity index (χ1) is 16.7. The van der Waals surface area contributed by atoms with Crippen molar-refractivity contribution < 1.29 is 27.1 Å². The molecule has 3 aromatic rings. The van der Waals surface area contributed by atoms with Gasteiger partial charge in [0.2, 0.25) is 15.9 Å². The first-order valence-electron chi connectivity index (χ1n) is 11.0. The molecular weight excluding hydrogens is 471 g/mol. The van der Waals surface area contributed by atoms with Crippen molar-refractivity contribution in [3.8, 4) is 0 Å². The van der Waals surface area contributed by atoms with E-state index in [0.717, 1.165) is 15.4 Å². The van der Waals surface area contributed by atoms with Crippen molar-refractivity contribution in [3.05, 3.63) is 95.3 Å². The second-order valence-corrected chi connectivity index (χ2v) is 9.88. The molecule has 3 aromatic carbocycles. The van der Waals surface area contributed by atoms with E-state index in [1.54, 1.807) is 43.3 Å². The highest BCUT2D eigenvalue weighted by Crippen LogP contribution is 2.20. The molecule has 0 saturated heterocycles. The summed E-state index contributed by atoms with van der Waals surface area (Å²) < 4.78 is 46.0. The number of carbonyl (C=O) groups is 2. The van der Waals surface area contributed by atoms with E-state index in [0.29, 0.717) is 17.9 Å². The van der Waals surface area contributed by atoms with E-state index in [2.05, 4.69) is 5.32 Å². The van der Waals surface area contributed by atoms with Crippen LogP contribution in [0.4, 0.5) is 10.1 Å². The van der Waals surface area contributed by atoms with Gasteiger partial charge in [0.1, 0.15) is 5.82 Å². The number of hydrogen-bond donors (Lipinski definition) is 1. The molecule has 0 unspecified atom stereocenters. The zero-order chi connectivity index (χ0) is 25.4. The molecule has 0 aliphatic carbocycles. The van der Waals surface area contributed by atoms with Crippen molar-refractivity contribution in [1.82, 2.24) is 4.31 Å². The van der Waals surface area contributed by atoms with Crippen LogP contribution in [0.2, 0.25) is 0 Å². The van der Waals surface area contributed by atoms with E-state index in [4.69, 9.17) is 4.74 Å². The second kappa shape index (κ2) is 11.7. The minimum atomic E-state index is -4.01. The Balaban J connectivity index is 1.76. The lowest BCUT2D eigenvalue weighted by Crippen LogP contribution is -2.37. The highest BCUT2D eigenvalue weighted by molar-refractivity contribution is 7.89. The molecule has 0 aromatic heterocycles. The zero-order valence-electron chi connectivity index (χ0n) is 19.5. The van der Waals surface area contributed by atoms with Crippen molar-refractivity contribution in [2.75, 3.05) is 18.5 Å². The molecule has 0 atom stereocenters. The Labute approximate surface area is 204 Å². The summed E-state index contributed by atoms with van der Waals surface area (Å²) in [4.78, 5) is 24.5. The van der Waals surface area contributed by atoms with Gasteiger partial charge in [0.05, 0.1) is 24.5 Å². The Bertz CT molecular complexity index is 1260. The van der Waals surface area contributed by atoms with Crippen LogP contribution in [0, 0.1) is 12.7 Å². The number of halogens is 1. The number of nitrogens with zero attached hydrogens (tertiary/aromatic N) is 1. The van der Waals surface area contributed by atoms with E-state index in [1.165, 1.54) is 36.4 Å². The lowest BCUT2D eigenvalue weighted by molar-refractivity contribution is -0.142. The molecule has 0 saturated carbocycles. The third-order valence-corrected chi connectivity index (χ3v) is 6.95. The number of aryl methyl sites for hydroxylation is 1. The number of rotatable bonds is 10. The predicted molar refractivity (Wildman–Crippen MR) is 131 cm³/mol. The van der Waals surface area contributed by atoms with Crippen LogP contribution in [0.25, 0.3) is 0 Å². The van der Waals surface area contributed by atoms with E-state index in [-0.39, 0.29) is 23.8 Å². The summed E-state index contributed by atoms with van der Waals surface area (Å²) in [6.45, 7) is 3.32. The fraction of sp³-hybridized carbons (Fsp3) is 0.231. The third kappa shape index (κ3) is 7.46. The van der Waals surface area contributed by atoms with Gasteiger partial charge in [0, 0.05) is 12.2 Å². The summed E-state index contributed by atoms with van der Waals surface area (Å²) in [7, 11) is -4.01. The molecule has 0 bridgehead atoms. The quantitative estimate of drug-likeness (QED) is 0.426. The number of sulfonamides is 1. The minimum absolute atomic E-state index is 0.0568. The van der Waals surface area contributed by atoms with E-state index < -0.39 is 28.3 Å². The van der Waals surface area contributed by atoms with Gasteiger partial charge in [0.15, 0.2) is 0 Å². The Morgan fingerprint density at radius 3 is 2.11 bits per heavy atom. The van der Waals surface area contributed by atoms with Crippen LogP contribution in [-0.2, 0) is 37.3 Å². The van der Waals surface area contributed by atoms with Crippen LogP contribution in [-0.4, -0.2) is 37.8 Å². The molecular formula is C26H27FN2O5S. The maximum absolute atomic E-state index is 13.3. The number of carbonyl (C=O) groups excluding carboxylic acids is 2. The number of ether oxygens (including phenoxy) is 1. The van der Waals surface area contributed by atoms with Crippen LogP contribution < -0.4 is 5.32 Å². The summed E-state index contributed by atoms with van der Waals surface area (Å²) in [5.74, 6) is -1.33. The van der Waals surface area contributed by atoms with Gasteiger partial charge in [-0.05, 0) is 61.4 Å². The normalized spacial score (nSPS) is 11.3. The first-order valence-corrected chi connectivity index (χ1v) is 12.5. The molecule has 0 aliphatic heterocycles. The number of anilines is 1.